The molecule has 0 bridgehead atoms. The molecule has 0 saturated heterocycles. The monoisotopic (exact) mass is 767 g/mol. The van der Waals surface area contributed by atoms with E-state index in [1.54, 1.807) is 13.8 Å². The molecule has 0 spiro atoms. The Labute approximate surface area is 325 Å². The molecule has 0 aliphatic carbocycles. The normalized spacial score (nSPS) is 11.8. The predicted molar refractivity (Wildman–Crippen MR) is 209 cm³/mol. The molecule has 6 rings (SSSR count). The Balaban J connectivity index is 0.000000214. The number of aromatic nitrogens is 6. The molecule has 1 N–H and O–H groups in total. The number of hydrogen-bond donors (Lipinski definition) is 1. The van der Waals surface area contributed by atoms with E-state index in [0.29, 0.717) is 41.4 Å². The minimum absolute atomic E-state index is 0.0131. The van der Waals surface area contributed by atoms with Crippen LogP contribution in [0.5, 0.6) is 0 Å². The van der Waals surface area contributed by atoms with Crippen LogP contribution in [-0.4, -0.2) is 59.6 Å². The number of hydrogen-bond acceptors (Lipinski definition) is 11. The number of imidazole rings is 2. The lowest BCUT2D eigenvalue weighted by molar-refractivity contribution is -0.649. The van der Waals surface area contributed by atoms with Crippen molar-refractivity contribution >= 4 is 45.6 Å². The summed E-state index contributed by atoms with van der Waals surface area (Å²) in [7, 11) is 0. The van der Waals surface area contributed by atoms with Gasteiger partial charge in [-0.3, -0.25) is 14.4 Å². The van der Waals surface area contributed by atoms with Crippen LogP contribution >= 0.6 is 0 Å². The average Bonchev–Trinajstić information content (AvgIpc) is 3.78. The van der Waals surface area contributed by atoms with E-state index in [1.807, 2.05) is 115 Å². The van der Waals surface area contributed by atoms with Crippen molar-refractivity contribution in [2.75, 3.05) is 0 Å². The van der Waals surface area contributed by atoms with Crippen LogP contribution in [0, 0.1) is 27.7 Å². The number of carbonyl (C=O) groups excluding carboxylic acids is 4. The van der Waals surface area contributed by atoms with Crippen LogP contribution in [-0.2, 0) is 54.6 Å². The number of nitrogens with zero attached hydrogens (tertiary/aromatic N) is 5. The fourth-order valence-electron chi connectivity index (χ4n) is 6.53. The van der Waals surface area contributed by atoms with Gasteiger partial charge in [-0.2, -0.15) is 0 Å². The number of H-pyrrole nitrogens is 1. The highest BCUT2D eigenvalue weighted by molar-refractivity contribution is 5.86. The summed E-state index contributed by atoms with van der Waals surface area (Å²) < 4.78 is 25.3. The first-order valence-electron chi connectivity index (χ1n) is 18.4. The van der Waals surface area contributed by atoms with Crippen LogP contribution in [0.4, 0.5) is 0 Å². The number of nitrogens with one attached hydrogen (secondary N) is 1. The summed E-state index contributed by atoms with van der Waals surface area (Å²) in [5, 5.41) is 8.04. The highest BCUT2D eigenvalue weighted by Gasteiger charge is 2.30. The molecule has 4 aromatic heterocycles. The minimum atomic E-state index is -0.578. The lowest BCUT2D eigenvalue weighted by atomic mass is 10.1. The first-order chi connectivity index (χ1) is 26.1. The van der Waals surface area contributed by atoms with Gasteiger partial charge in [0.2, 0.25) is 0 Å². The lowest BCUT2D eigenvalue weighted by Gasteiger charge is -2.20. The topological polar surface area (TPSA) is 176 Å². The number of ketones is 2. The van der Waals surface area contributed by atoms with Crippen molar-refractivity contribution in [3.05, 3.63) is 70.4 Å². The Morgan fingerprint density at radius 2 is 1.29 bits per heavy atom. The van der Waals surface area contributed by atoms with Gasteiger partial charge in [0.15, 0.2) is 17.6 Å². The molecule has 0 aliphatic rings. The van der Waals surface area contributed by atoms with Crippen molar-refractivity contribution in [2.45, 2.75) is 120 Å². The van der Waals surface area contributed by atoms with Crippen molar-refractivity contribution < 1.29 is 42.3 Å². The van der Waals surface area contributed by atoms with Crippen LogP contribution < -0.4 is 4.57 Å². The van der Waals surface area contributed by atoms with Crippen molar-refractivity contribution in [1.82, 2.24) is 24.8 Å². The fourth-order valence-corrected chi connectivity index (χ4v) is 6.53. The Morgan fingerprint density at radius 3 is 1.82 bits per heavy atom. The molecule has 0 amide bonds. The zero-order valence-electron chi connectivity index (χ0n) is 34.3. The third kappa shape index (κ3) is 9.84. The molecule has 14 heteroatoms. The van der Waals surface area contributed by atoms with Crippen molar-refractivity contribution in [1.29, 1.82) is 0 Å². The molecule has 0 radical (unpaired) electrons. The van der Waals surface area contributed by atoms with Gasteiger partial charge in [0, 0.05) is 12.8 Å². The van der Waals surface area contributed by atoms with Gasteiger partial charge >= 0.3 is 11.9 Å². The maximum atomic E-state index is 12.6. The van der Waals surface area contributed by atoms with E-state index < -0.39 is 11.2 Å². The number of Topliss-reactive ketones (excluding diaryl/α,β-unsaturated/α-hetero) is 2. The summed E-state index contributed by atoms with van der Waals surface area (Å²) in [6.07, 6.45) is 0.684. The molecule has 0 saturated carbocycles. The van der Waals surface area contributed by atoms with Crippen LogP contribution in [0.3, 0.4) is 0 Å². The molecule has 2 aromatic carbocycles. The second-order valence-corrected chi connectivity index (χ2v) is 16.1. The van der Waals surface area contributed by atoms with E-state index in [0.717, 1.165) is 50.3 Å². The first-order valence-corrected chi connectivity index (χ1v) is 18.4. The van der Waals surface area contributed by atoms with E-state index in [9.17, 15) is 19.2 Å². The summed E-state index contributed by atoms with van der Waals surface area (Å²) >= 11 is 0. The number of esters is 2. The molecular weight excluding hydrogens is 716 g/mol. The molecular formula is C42H51N6O8+. The number of rotatable bonds is 10. The molecule has 14 nitrogen and oxygen atoms in total. The Bertz CT molecular complexity index is 2360. The standard InChI is InChI=1S/2C21H25N3O4/c1-12(25)9-15-7-8-17-16(10-15)22-20(19-13(2)23-28-14(19)3)24(17)11-18(26)27-21(4,5)6;1-12(25)9-15-7-8-16-17(10-15)24(11-18(26)27-21(4,5)6)20(22-16)19-13(2)23-28-14(19)3/h2*7-8,10H,9,11H2,1-6H3/p+1. The number of aromatic amines is 1. The zero-order chi connectivity index (χ0) is 41.3. The Hall–Kier alpha value is -5.92. The highest BCUT2D eigenvalue weighted by atomic mass is 16.6. The van der Waals surface area contributed by atoms with Gasteiger partial charge in [-0.1, -0.05) is 22.4 Å². The largest absolute Gasteiger partial charge is 0.459 e. The zero-order valence-corrected chi connectivity index (χ0v) is 34.3. The Morgan fingerprint density at radius 1 is 0.750 bits per heavy atom. The number of aryl methyl sites for hydroxylation is 4. The van der Waals surface area contributed by atoms with Gasteiger partial charge < -0.3 is 23.1 Å². The van der Waals surface area contributed by atoms with E-state index >= 15 is 0 Å². The minimum Gasteiger partial charge on any atom is -0.459 e. The van der Waals surface area contributed by atoms with Crippen LogP contribution in [0.1, 0.15) is 89.4 Å². The lowest BCUT2D eigenvalue weighted by Crippen LogP contribution is -2.42. The summed E-state index contributed by atoms with van der Waals surface area (Å²) in [6.45, 7) is 21.5. The number of carbonyl (C=O) groups is 4. The molecule has 6 aromatic rings. The first kappa shape index (κ1) is 41.2. The molecule has 0 aliphatic heterocycles. The van der Waals surface area contributed by atoms with Gasteiger partial charge in [0.05, 0.1) is 28.0 Å². The number of ether oxygens (including phenoxy) is 2. The van der Waals surface area contributed by atoms with E-state index in [1.165, 1.54) is 0 Å². The molecule has 296 valence electrons. The maximum absolute atomic E-state index is 12.6. The maximum Gasteiger partial charge on any atom is 0.349 e. The van der Waals surface area contributed by atoms with Gasteiger partial charge in [-0.25, -0.2) is 19.3 Å². The number of fused-ring (bicyclic) bond motifs is 2. The van der Waals surface area contributed by atoms with Gasteiger partial charge in [0.25, 0.3) is 5.82 Å². The molecule has 56 heavy (non-hydrogen) atoms. The summed E-state index contributed by atoms with van der Waals surface area (Å²) in [5.41, 5.74) is 6.78. The van der Waals surface area contributed by atoms with E-state index in [4.69, 9.17) is 23.5 Å². The fraction of sp³-hybridized carbons (Fsp3) is 0.429. The second kappa shape index (κ2) is 16.0. The molecule has 0 unspecified atom stereocenters. The molecule has 0 fully saturated rings. The third-order valence-corrected chi connectivity index (χ3v) is 8.54. The van der Waals surface area contributed by atoms with Gasteiger partial charge in [-0.15, -0.1) is 0 Å². The smallest absolute Gasteiger partial charge is 0.349 e. The SMILES string of the molecule is CC(=O)Cc1ccc2[nH]c(-c3c(C)noc3C)[n+](CC(=O)OC(C)(C)C)c2c1.CC(=O)Cc1ccc2c(c1)nc(-c1c(C)noc1C)n2CC(=O)OC(C)(C)C. The third-order valence-electron chi connectivity index (χ3n) is 8.54. The number of benzene rings is 2. The van der Waals surface area contributed by atoms with Gasteiger partial charge in [-0.05, 0) is 118 Å². The van der Waals surface area contributed by atoms with Crippen molar-refractivity contribution in [3.63, 3.8) is 0 Å². The van der Waals surface area contributed by atoms with E-state index in [2.05, 4.69) is 15.3 Å². The second-order valence-electron chi connectivity index (χ2n) is 16.1. The predicted octanol–water partition coefficient (Wildman–Crippen LogP) is 6.98. The summed E-state index contributed by atoms with van der Waals surface area (Å²) in [5.74, 6) is 2.07. The van der Waals surface area contributed by atoms with Crippen LogP contribution in [0.2, 0.25) is 0 Å². The molecule has 0 atom stereocenters. The summed E-state index contributed by atoms with van der Waals surface area (Å²) in [6, 6.07) is 11.4. The van der Waals surface area contributed by atoms with Crippen LogP contribution in [0.25, 0.3) is 44.8 Å². The van der Waals surface area contributed by atoms with Crippen LogP contribution in [0.15, 0.2) is 45.4 Å². The molecule has 4 heterocycles. The van der Waals surface area contributed by atoms with Crippen molar-refractivity contribution in [2.24, 2.45) is 0 Å². The van der Waals surface area contributed by atoms with Crippen molar-refractivity contribution in [3.8, 4) is 22.8 Å². The van der Waals surface area contributed by atoms with E-state index in [-0.39, 0.29) is 36.6 Å². The summed E-state index contributed by atoms with van der Waals surface area (Å²) in [4.78, 5) is 56.2. The van der Waals surface area contributed by atoms with Gasteiger partial charge in [0.1, 0.15) is 52.2 Å². The highest BCUT2D eigenvalue weighted by Crippen LogP contribution is 2.31. The Kier molecular flexibility index (Phi) is 11.8. The quantitative estimate of drug-likeness (QED) is 0.112. The average molecular weight is 768 g/mol.